The summed E-state index contributed by atoms with van der Waals surface area (Å²) in [5, 5.41) is 10.2. The zero-order chi connectivity index (χ0) is 27.1. The van der Waals surface area contributed by atoms with Gasteiger partial charge in [-0.25, -0.2) is 8.42 Å². The molecule has 0 atom stereocenters. The third-order valence-corrected chi connectivity index (χ3v) is 9.93. The summed E-state index contributed by atoms with van der Waals surface area (Å²) in [6, 6.07) is 17.1. The van der Waals surface area contributed by atoms with E-state index in [-0.39, 0.29) is 36.4 Å². The number of piperazine rings is 1. The van der Waals surface area contributed by atoms with Crippen molar-refractivity contribution in [1.82, 2.24) is 19.3 Å². The van der Waals surface area contributed by atoms with Crippen molar-refractivity contribution in [2.45, 2.75) is 25.3 Å². The molecule has 10 heteroatoms. The third-order valence-electron chi connectivity index (χ3n) is 8.33. The average Bonchev–Trinajstić information content (AvgIpc) is 3.30. The molecule has 0 spiro atoms. The molecule has 0 bridgehead atoms. The number of hydrogen-bond acceptors (Lipinski definition) is 6. The van der Waals surface area contributed by atoms with E-state index in [9.17, 15) is 23.3 Å². The zero-order valence-electron chi connectivity index (χ0n) is 21.8. The number of benzene rings is 2. The van der Waals surface area contributed by atoms with Crippen LogP contribution in [0.2, 0.25) is 0 Å². The van der Waals surface area contributed by atoms with Crippen LogP contribution in [0.15, 0.2) is 48.5 Å². The standard InChI is InChI=1S/C29H31N5O4S/c30-20-21-3-1-6-25(17-21)34-26-8-7-22(28(35)32-11-9-31(10-12-32)24-4-2-5-24)18-23(26)19-27(34)29(36)33-13-15-39(37,38)16-14-33/h1,3,6-8,17-19,24H,2,4-5,9-16H2. The number of amides is 2. The van der Waals surface area contributed by atoms with Crippen molar-refractivity contribution in [2.24, 2.45) is 0 Å². The maximum absolute atomic E-state index is 13.7. The Balaban J connectivity index is 1.33. The van der Waals surface area contributed by atoms with E-state index in [2.05, 4.69) is 11.0 Å². The van der Waals surface area contributed by atoms with E-state index in [0.29, 0.717) is 41.6 Å². The highest BCUT2D eigenvalue weighted by Crippen LogP contribution is 2.29. The number of sulfone groups is 1. The fourth-order valence-corrected chi connectivity index (χ4v) is 7.00. The van der Waals surface area contributed by atoms with Gasteiger partial charge in [0.15, 0.2) is 9.84 Å². The molecule has 3 heterocycles. The summed E-state index contributed by atoms with van der Waals surface area (Å²) in [5.74, 6) is -0.410. The second-order valence-electron chi connectivity index (χ2n) is 10.7. The normalized spacial score (nSPS) is 20.0. The Kier molecular flexibility index (Phi) is 6.65. The van der Waals surface area contributed by atoms with Gasteiger partial charge in [-0.3, -0.25) is 14.5 Å². The second-order valence-corrected chi connectivity index (χ2v) is 13.0. The van der Waals surface area contributed by atoms with Gasteiger partial charge in [0.05, 0.1) is 28.7 Å². The number of fused-ring (bicyclic) bond motifs is 1. The van der Waals surface area contributed by atoms with Gasteiger partial charge in [0.1, 0.15) is 5.69 Å². The van der Waals surface area contributed by atoms with Gasteiger partial charge in [-0.15, -0.1) is 0 Å². The lowest BCUT2D eigenvalue weighted by Gasteiger charge is -2.42. The molecule has 3 fully saturated rings. The first-order chi connectivity index (χ1) is 18.8. The van der Waals surface area contributed by atoms with Crippen molar-refractivity contribution in [2.75, 3.05) is 50.8 Å². The molecule has 1 aromatic heterocycles. The minimum absolute atomic E-state index is 0.0153. The number of carbonyl (C=O) groups is 2. The van der Waals surface area contributed by atoms with Crippen LogP contribution >= 0.6 is 0 Å². The summed E-state index contributed by atoms with van der Waals surface area (Å²) in [4.78, 5) is 33.1. The van der Waals surface area contributed by atoms with E-state index in [1.54, 1.807) is 39.8 Å². The number of hydrogen-bond donors (Lipinski definition) is 0. The molecule has 1 aliphatic carbocycles. The Hall–Kier alpha value is -3.68. The third kappa shape index (κ3) is 4.92. The monoisotopic (exact) mass is 545 g/mol. The smallest absolute Gasteiger partial charge is 0.270 e. The maximum Gasteiger partial charge on any atom is 0.270 e. The van der Waals surface area contributed by atoms with Gasteiger partial charge < -0.3 is 14.4 Å². The molecule has 2 saturated heterocycles. The Morgan fingerprint density at radius 2 is 1.56 bits per heavy atom. The Bertz CT molecular complexity index is 1580. The minimum Gasteiger partial charge on any atom is -0.336 e. The highest BCUT2D eigenvalue weighted by Gasteiger charge is 2.31. The van der Waals surface area contributed by atoms with E-state index in [1.165, 1.54) is 19.3 Å². The molecular weight excluding hydrogens is 514 g/mol. The van der Waals surface area contributed by atoms with Crippen LogP contribution in [0, 0.1) is 11.3 Å². The molecule has 3 aromatic rings. The van der Waals surface area contributed by atoms with Crippen LogP contribution in [0.5, 0.6) is 0 Å². The van der Waals surface area contributed by atoms with Crippen molar-refractivity contribution >= 4 is 32.6 Å². The molecule has 2 amide bonds. The lowest BCUT2D eigenvalue weighted by molar-refractivity contribution is 0.0455. The van der Waals surface area contributed by atoms with Gasteiger partial charge in [-0.1, -0.05) is 12.5 Å². The van der Waals surface area contributed by atoms with Crippen LogP contribution < -0.4 is 0 Å². The number of nitriles is 1. The van der Waals surface area contributed by atoms with Crippen molar-refractivity contribution in [3.8, 4) is 11.8 Å². The van der Waals surface area contributed by atoms with E-state index in [0.717, 1.165) is 24.0 Å². The molecule has 0 unspecified atom stereocenters. The molecule has 202 valence electrons. The Labute approximate surface area is 228 Å². The summed E-state index contributed by atoms with van der Waals surface area (Å²) in [6.45, 7) is 3.48. The van der Waals surface area contributed by atoms with Crippen LogP contribution in [0.1, 0.15) is 45.7 Å². The quantitative estimate of drug-likeness (QED) is 0.499. The number of rotatable bonds is 4. The maximum atomic E-state index is 13.7. The molecule has 0 N–H and O–H groups in total. The Morgan fingerprint density at radius 1 is 0.846 bits per heavy atom. The molecule has 2 aliphatic heterocycles. The fourth-order valence-electron chi connectivity index (χ4n) is 5.80. The van der Waals surface area contributed by atoms with Gasteiger partial charge >= 0.3 is 0 Å². The van der Waals surface area contributed by atoms with E-state index < -0.39 is 9.84 Å². The topological polar surface area (TPSA) is 107 Å². The molecule has 6 rings (SSSR count). The molecular formula is C29H31N5O4S. The fraction of sp³-hybridized carbons (Fsp3) is 0.414. The first-order valence-corrected chi connectivity index (χ1v) is 15.3. The van der Waals surface area contributed by atoms with Gasteiger partial charge in [-0.2, -0.15) is 5.26 Å². The highest BCUT2D eigenvalue weighted by atomic mass is 32.2. The number of nitrogens with zero attached hydrogens (tertiary/aromatic N) is 5. The van der Waals surface area contributed by atoms with Crippen LogP contribution in [0.3, 0.4) is 0 Å². The predicted molar refractivity (Wildman–Crippen MR) is 148 cm³/mol. The van der Waals surface area contributed by atoms with Gasteiger partial charge in [-0.05, 0) is 55.3 Å². The minimum atomic E-state index is -3.14. The number of carbonyl (C=O) groups excluding carboxylic acids is 2. The van der Waals surface area contributed by atoms with Gasteiger partial charge in [0.2, 0.25) is 0 Å². The molecule has 1 saturated carbocycles. The van der Waals surface area contributed by atoms with Gasteiger partial charge in [0.25, 0.3) is 11.8 Å². The zero-order valence-corrected chi connectivity index (χ0v) is 22.6. The summed E-state index contributed by atoms with van der Waals surface area (Å²) < 4.78 is 25.7. The van der Waals surface area contributed by atoms with Crippen molar-refractivity contribution in [1.29, 1.82) is 5.26 Å². The van der Waals surface area contributed by atoms with Crippen molar-refractivity contribution < 1.29 is 18.0 Å². The molecule has 3 aliphatic rings. The van der Waals surface area contributed by atoms with E-state index >= 15 is 0 Å². The molecule has 2 aromatic carbocycles. The molecule has 9 nitrogen and oxygen atoms in total. The lowest BCUT2D eigenvalue weighted by Crippen LogP contribution is -2.53. The summed E-state index contributed by atoms with van der Waals surface area (Å²) in [5.41, 5.74) is 2.81. The highest BCUT2D eigenvalue weighted by molar-refractivity contribution is 7.91. The van der Waals surface area contributed by atoms with Crippen LogP contribution in [0.4, 0.5) is 0 Å². The Morgan fingerprint density at radius 3 is 2.23 bits per heavy atom. The SMILES string of the molecule is N#Cc1cccc(-n2c(C(=O)N3CCS(=O)(=O)CC3)cc3cc(C(=O)N4CCN(C5CCC5)CC4)ccc32)c1. The molecule has 39 heavy (non-hydrogen) atoms. The summed E-state index contributed by atoms with van der Waals surface area (Å²) >= 11 is 0. The predicted octanol–water partition coefficient (Wildman–Crippen LogP) is 2.68. The first-order valence-electron chi connectivity index (χ1n) is 13.5. The summed E-state index contributed by atoms with van der Waals surface area (Å²) in [6.07, 6.45) is 3.81. The lowest BCUT2D eigenvalue weighted by atomic mass is 9.91. The first kappa shape index (κ1) is 25.6. The van der Waals surface area contributed by atoms with E-state index in [1.807, 2.05) is 23.1 Å². The second kappa shape index (κ2) is 10.1. The van der Waals surface area contributed by atoms with E-state index in [4.69, 9.17) is 0 Å². The van der Waals surface area contributed by atoms with Crippen molar-refractivity contribution in [3.05, 3.63) is 65.4 Å². The van der Waals surface area contributed by atoms with Crippen LogP contribution in [-0.2, 0) is 9.84 Å². The summed E-state index contributed by atoms with van der Waals surface area (Å²) in [7, 11) is -3.14. The van der Waals surface area contributed by atoms with Crippen LogP contribution in [0.25, 0.3) is 16.6 Å². The van der Waals surface area contributed by atoms with Crippen LogP contribution in [-0.4, -0.2) is 96.3 Å². The average molecular weight is 546 g/mol. The van der Waals surface area contributed by atoms with Crippen molar-refractivity contribution in [3.63, 3.8) is 0 Å². The van der Waals surface area contributed by atoms with Gasteiger partial charge in [0, 0.05) is 61.9 Å². The molecule has 0 radical (unpaired) electrons. The largest absolute Gasteiger partial charge is 0.336 e. The number of aromatic nitrogens is 1.